The third-order valence-electron chi connectivity index (χ3n) is 6.64. The summed E-state index contributed by atoms with van der Waals surface area (Å²) in [4.78, 5) is 19.0. The molecule has 0 unspecified atom stereocenters. The molecule has 178 valence electrons. The summed E-state index contributed by atoms with van der Waals surface area (Å²) in [5.41, 5.74) is 4.50. The molecule has 0 atom stereocenters. The zero-order chi connectivity index (χ0) is 23.3. The van der Waals surface area contributed by atoms with Crippen LogP contribution in [0.3, 0.4) is 0 Å². The SMILES string of the molecule is O=C(CCCn1cncn1)N1CCCc2cc3c(cc2CCc2cc(ccc2O)CC1)OCO3. The molecule has 0 aliphatic carbocycles. The first-order chi connectivity index (χ1) is 16.7. The number of phenolic OH excluding ortho intramolecular Hbond substituents is 1. The lowest BCUT2D eigenvalue weighted by atomic mass is 9.95. The first-order valence-corrected chi connectivity index (χ1v) is 12.0. The lowest BCUT2D eigenvalue weighted by Gasteiger charge is -2.23. The molecule has 2 aliphatic heterocycles. The molecule has 8 heteroatoms. The van der Waals surface area contributed by atoms with Gasteiger partial charge in [0.1, 0.15) is 18.4 Å². The number of aromatic nitrogens is 3. The molecule has 2 bridgehead atoms. The second-order valence-corrected chi connectivity index (χ2v) is 8.93. The Bertz CT molecular complexity index is 1150. The highest BCUT2D eigenvalue weighted by Crippen LogP contribution is 2.36. The fourth-order valence-electron chi connectivity index (χ4n) is 4.74. The Balaban J connectivity index is 1.34. The van der Waals surface area contributed by atoms with Gasteiger partial charge in [0, 0.05) is 26.1 Å². The predicted molar refractivity (Wildman–Crippen MR) is 126 cm³/mol. The molecule has 3 heterocycles. The molecule has 1 N–H and O–H groups in total. The fraction of sp³-hybridized carbons (Fsp3) is 0.423. The van der Waals surface area contributed by atoms with Crippen molar-refractivity contribution in [1.82, 2.24) is 19.7 Å². The standard InChI is InChI=1S/C26H30N4O4/c31-23-8-5-19-9-12-29(26(32)4-2-11-30-17-27-16-28-30)10-1-3-20-14-24-25(34-18-33-24)15-21(20)6-7-22(23)13-19/h5,8,13-17,31H,1-4,6-7,9-12,18H2. The minimum absolute atomic E-state index is 0.167. The highest BCUT2D eigenvalue weighted by atomic mass is 16.7. The Morgan fingerprint density at radius 3 is 2.56 bits per heavy atom. The first-order valence-electron chi connectivity index (χ1n) is 12.0. The molecule has 2 aliphatic rings. The van der Waals surface area contributed by atoms with Crippen molar-refractivity contribution < 1.29 is 19.4 Å². The predicted octanol–water partition coefficient (Wildman–Crippen LogP) is 3.30. The van der Waals surface area contributed by atoms with Gasteiger partial charge in [0.05, 0.1) is 0 Å². The summed E-state index contributed by atoms with van der Waals surface area (Å²) in [7, 11) is 0. The second-order valence-electron chi connectivity index (χ2n) is 8.93. The molecule has 34 heavy (non-hydrogen) atoms. The molecule has 5 rings (SSSR count). The number of hydrogen-bond acceptors (Lipinski definition) is 6. The lowest BCUT2D eigenvalue weighted by molar-refractivity contribution is -0.131. The number of phenols is 1. The molecule has 0 saturated heterocycles. The van der Waals surface area contributed by atoms with Crippen LogP contribution in [0.15, 0.2) is 43.0 Å². The van der Waals surface area contributed by atoms with Crippen LogP contribution in [0.2, 0.25) is 0 Å². The minimum atomic E-state index is 0.167. The number of hydrogen-bond donors (Lipinski definition) is 1. The summed E-state index contributed by atoms with van der Waals surface area (Å²) in [6.07, 6.45) is 8.47. The van der Waals surface area contributed by atoms with Crippen LogP contribution < -0.4 is 9.47 Å². The monoisotopic (exact) mass is 462 g/mol. The van der Waals surface area contributed by atoms with Gasteiger partial charge < -0.3 is 19.5 Å². The third kappa shape index (κ3) is 5.16. The average molecular weight is 463 g/mol. The van der Waals surface area contributed by atoms with Crippen LogP contribution >= 0.6 is 0 Å². The highest BCUT2D eigenvalue weighted by molar-refractivity contribution is 5.76. The van der Waals surface area contributed by atoms with E-state index in [1.165, 1.54) is 17.5 Å². The quantitative estimate of drug-likeness (QED) is 0.640. The van der Waals surface area contributed by atoms with Crippen LogP contribution in [0.4, 0.5) is 0 Å². The van der Waals surface area contributed by atoms with E-state index >= 15 is 0 Å². The van der Waals surface area contributed by atoms with E-state index in [1.54, 1.807) is 17.1 Å². The molecule has 8 nitrogen and oxygen atoms in total. The molecular formula is C26H30N4O4. The smallest absolute Gasteiger partial charge is 0.231 e. The maximum atomic E-state index is 13.1. The molecule has 0 saturated carbocycles. The van der Waals surface area contributed by atoms with Crippen LogP contribution in [0.1, 0.15) is 41.5 Å². The van der Waals surface area contributed by atoms with E-state index in [4.69, 9.17) is 9.47 Å². The molecule has 1 aromatic heterocycles. The number of amides is 1. The van der Waals surface area contributed by atoms with Gasteiger partial charge in [0.25, 0.3) is 0 Å². The van der Waals surface area contributed by atoms with E-state index in [-0.39, 0.29) is 12.7 Å². The van der Waals surface area contributed by atoms with Crippen molar-refractivity contribution in [2.75, 3.05) is 19.9 Å². The summed E-state index contributed by atoms with van der Waals surface area (Å²) >= 11 is 0. The van der Waals surface area contributed by atoms with Gasteiger partial charge in [0.15, 0.2) is 11.5 Å². The lowest BCUT2D eigenvalue weighted by Crippen LogP contribution is -2.34. The van der Waals surface area contributed by atoms with Crippen LogP contribution in [-0.2, 0) is 37.0 Å². The molecule has 2 aromatic carbocycles. The Labute approximate surface area is 199 Å². The molecular weight excluding hydrogens is 432 g/mol. The Hall–Kier alpha value is -3.55. The Morgan fingerprint density at radius 2 is 1.76 bits per heavy atom. The summed E-state index contributed by atoms with van der Waals surface area (Å²) < 4.78 is 13.0. The highest BCUT2D eigenvalue weighted by Gasteiger charge is 2.19. The van der Waals surface area contributed by atoms with Gasteiger partial charge in [-0.05, 0) is 79.0 Å². The van der Waals surface area contributed by atoms with Gasteiger partial charge in [0.2, 0.25) is 12.7 Å². The zero-order valence-corrected chi connectivity index (χ0v) is 19.3. The average Bonchev–Trinajstić information content (AvgIpc) is 3.52. The topological polar surface area (TPSA) is 89.7 Å². The largest absolute Gasteiger partial charge is 0.508 e. The van der Waals surface area contributed by atoms with Crippen molar-refractivity contribution in [2.24, 2.45) is 0 Å². The van der Waals surface area contributed by atoms with Crippen LogP contribution in [0.5, 0.6) is 17.2 Å². The number of aryl methyl sites for hydroxylation is 4. The number of benzene rings is 2. The van der Waals surface area contributed by atoms with Gasteiger partial charge in [-0.15, -0.1) is 0 Å². The summed E-state index contributed by atoms with van der Waals surface area (Å²) in [6, 6.07) is 9.96. The number of nitrogens with zero attached hydrogens (tertiary/aromatic N) is 4. The molecule has 3 aromatic rings. The van der Waals surface area contributed by atoms with Crippen LogP contribution in [-0.4, -0.2) is 50.6 Å². The maximum Gasteiger partial charge on any atom is 0.231 e. The van der Waals surface area contributed by atoms with Crippen molar-refractivity contribution >= 4 is 5.91 Å². The Kier molecular flexibility index (Phi) is 6.65. The van der Waals surface area contributed by atoms with Crippen molar-refractivity contribution in [3.8, 4) is 17.2 Å². The summed E-state index contributed by atoms with van der Waals surface area (Å²) in [5, 5.41) is 14.5. The first kappa shape index (κ1) is 22.3. The van der Waals surface area contributed by atoms with E-state index in [1.807, 2.05) is 11.0 Å². The zero-order valence-electron chi connectivity index (χ0n) is 19.3. The minimum Gasteiger partial charge on any atom is -0.508 e. The van der Waals surface area contributed by atoms with Crippen molar-refractivity contribution in [1.29, 1.82) is 0 Å². The number of aromatic hydroxyl groups is 1. The number of fused-ring (bicyclic) bond motifs is 4. The summed E-state index contributed by atoms with van der Waals surface area (Å²) in [6.45, 7) is 2.31. The van der Waals surface area contributed by atoms with Crippen LogP contribution in [0.25, 0.3) is 0 Å². The second kappa shape index (κ2) is 10.2. The van der Waals surface area contributed by atoms with Crippen molar-refractivity contribution in [3.63, 3.8) is 0 Å². The maximum absolute atomic E-state index is 13.1. The van der Waals surface area contributed by atoms with Gasteiger partial charge in [-0.1, -0.05) is 12.1 Å². The van der Waals surface area contributed by atoms with E-state index in [0.717, 1.165) is 61.2 Å². The van der Waals surface area contributed by atoms with Gasteiger partial charge in [-0.2, -0.15) is 5.10 Å². The third-order valence-corrected chi connectivity index (χ3v) is 6.64. The van der Waals surface area contributed by atoms with Gasteiger partial charge in [-0.25, -0.2) is 4.98 Å². The van der Waals surface area contributed by atoms with E-state index in [2.05, 4.69) is 28.3 Å². The molecule has 0 fully saturated rings. The van der Waals surface area contributed by atoms with E-state index in [9.17, 15) is 9.90 Å². The van der Waals surface area contributed by atoms with Gasteiger partial charge >= 0.3 is 0 Å². The number of carbonyl (C=O) groups is 1. The van der Waals surface area contributed by atoms with E-state index in [0.29, 0.717) is 31.8 Å². The number of ether oxygens (including phenoxy) is 2. The number of carbonyl (C=O) groups excluding carboxylic acids is 1. The molecule has 1 amide bonds. The van der Waals surface area contributed by atoms with Crippen LogP contribution in [0, 0.1) is 0 Å². The summed E-state index contributed by atoms with van der Waals surface area (Å²) in [5.74, 6) is 2.06. The van der Waals surface area contributed by atoms with Gasteiger partial charge in [-0.3, -0.25) is 9.48 Å². The number of rotatable bonds is 4. The Morgan fingerprint density at radius 1 is 0.971 bits per heavy atom. The molecule has 0 radical (unpaired) electrons. The normalized spacial score (nSPS) is 15.7. The molecule has 0 spiro atoms. The van der Waals surface area contributed by atoms with Crippen molar-refractivity contribution in [3.05, 3.63) is 65.2 Å². The fourth-order valence-corrected chi connectivity index (χ4v) is 4.74. The van der Waals surface area contributed by atoms with Crippen molar-refractivity contribution in [2.45, 2.75) is 51.5 Å². The van der Waals surface area contributed by atoms with E-state index < -0.39 is 0 Å².